The first-order chi connectivity index (χ1) is 7.63. The van der Waals surface area contributed by atoms with Crippen molar-refractivity contribution in [2.45, 2.75) is 32.2 Å². The van der Waals surface area contributed by atoms with Gasteiger partial charge in [0.05, 0.1) is 6.42 Å². The number of aromatic nitrogens is 2. The minimum atomic E-state index is -1.00. The number of nitrogens with one attached hydrogen (secondary N) is 2. The Hall–Kier alpha value is -1.85. The largest absolute Gasteiger partial charge is 0.480 e. The van der Waals surface area contributed by atoms with Crippen LogP contribution in [0.5, 0.6) is 0 Å². The van der Waals surface area contributed by atoms with Gasteiger partial charge < -0.3 is 10.4 Å². The summed E-state index contributed by atoms with van der Waals surface area (Å²) in [5.74, 6) is -1.31. The van der Waals surface area contributed by atoms with Gasteiger partial charge in [0.2, 0.25) is 5.91 Å². The van der Waals surface area contributed by atoms with Crippen LogP contribution in [0, 0.1) is 0 Å². The van der Waals surface area contributed by atoms with Crippen molar-refractivity contribution in [3.63, 3.8) is 0 Å². The summed E-state index contributed by atoms with van der Waals surface area (Å²) in [5.41, 5.74) is 0.665. The summed E-state index contributed by atoms with van der Waals surface area (Å²) in [6, 6.07) is 0.871. The van der Waals surface area contributed by atoms with E-state index in [4.69, 9.17) is 5.11 Å². The molecule has 1 atom stereocenters. The van der Waals surface area contributed by atoms with Gasteiger partial charge in [-0.3, -0.25) is 9.89 Å². The second kappa shape index (κ2) is 5.89. The van der Waals surface area contributed by atoms with Crippen LogP contribution in [0.2, 0.25) is 0 Å². The molecular formula is C10H15N3O3. The second-order valence-corrected chi connectivity index (χ2v) is 3.51. The number of rotatable bonds is 6. The lowest BCUT2D eigenvalue weighted by molar-refractivity contribution is -0.141. The molecule has 1 rings (SSSR count). The number of nitrogens with zero attached hydrogens (tertiary/aromatic N) is 1. The maximum absolute atomic E-state index is 11.5. The van der Waals surface area contributed by atoms with Crippen LogP contribution in [-0.2, 0) is 16.0 Å². The fourth-order valence-electron chi connectivity index (χ4n) is 1.35. The number of H-pyrrole nitrogens is 1. The van der Waals surface area contributed by atoms with Gasteiger partial charge in [-0.15, -0.1) is 0 Å². The molecule has 0 radical (unpaired) electrons. The molecule has 0 saturated carbocycles. The fraction of sp³-hybridized carbons (Fsp3) is 0.500. The lowest BCUT2D eigenvalue weighted by Gasteiger charge is -2.12. The van der Waals surface area contributed by atoms with Crippen molar-refractivity contribution in [3.8, 4) is 0 Å². The topological polar surface area (TPSA) is 95.1 Å². The minimum absolute atomic E-state index is 0.119. The summed E-state index contributed by atoms with van der Waals surface area (Å²) in [4.78, 5) is 22.3. The van der Waals surface area contributed by atoms with E-state index >= 15 is 0 Å². The van der Waals surface area contributed by atoms with Crippen LogP contribution in [0.3, 0.4) is 0 Å². The maximum Gasteiger partial charge on any atom is 0.326 e. The number of carboxylic acids is 1. The molecule has 0 aliphatic heterocycles. The second-order valence-electron chi connectivity index (χ2n) is 3.51. The maximum atomic E-state index is 11.5. The molecule has 0 aliphatic carbocycles. The van der Waals surface area contributed by atoms with Gasteiger partial charge >= 0.3 is 5.97 Å². The summed E-state index contributed by atoms with van der Waals surface area (Å²) in [7, 11) is 0. The molecule has 0 spiro atoms. The number of aromatic amines is 1. The molecule has 0 aromatic carbocycles. The molecule has 1 aromatic rings. The Morgan fingerprint density at radius 3 is 2.88 bits per heavy atom. The lowest BCUT2D eigenvalue weighted by Crippen LogP contribution is -2.41. The third-order valence-electron chi connectivity index (χ3n) is 2.12. The van der Waals surface area contributed by atoms with Crippen molar-refractivity contribution in [2.75, 3.05) is 0 Å². The highest BCUT2D eigenvalue weighted by atomic mass is 16.4. The molecule has 0 saturated heterocycles. The molecule has 6 nitrogen and oxygen atoms in total. The summed E-state index contributed by atoms with van der Waals surface area (Å²) >= 11 is 0. The average molecular weight is 225 g/mol. The third kappa shape index (κ3) is 3.72. The molecule has 0 fully saturated rings. The molecule has 1 heterocycles. The molecule has 1 unspecified atom stereocenters. The van der Waals surface area contributed by atoms with Crippen LogP contribution in [-0.4, -0.2) is 33.2 Å². The number of aliphatic carboxylic acids is 1. The Bertz CT molecular complexity index is 348. The molecule has 3 N–H and O–H groups in total. The standard InChI is InChI=1S/C10H15N3O3/c1-2-3-8(10(15)16)12-9(14)6-7-4-5-11-13-7/h4-5,8H,2-3,6H2,1H3,(H,11,13)(H,12,14)(H,15,16). The van der Waals surface area contributed by atoms with E-state index in [-0.39, 0.29) is 12.3 Å². The van der Waals surface area contributed by atoms with E-state index in [2.05, 4.69) is 15.5 Å². The van der Waals surface area contributed by atoms with Gasteiger partial charge in [-0.25, -0.2) is 4.79 Å². The predicted octanol–water partition coefficient (Wildman–Crippen LogP) is 0.322. The molecule has 1 amide bonds. The molecule has 1 aromatic heterocycles. The van der Waals surface area contributed by atoms with Gasteiger partial charge in [-0.2, -0.15) is 5.10 Å². The van der Waals surface area contributed by atoms with E-state index in [1.807, 2.05) is 6.92 Å². The first-order valence-electron chi connectivity index (χ1n) is 5.14. The predicted molar refractivity (Wildman–Crippen MR) is 56.8 cm³/mol. The Morgan fingerprint density at radius 1 is 1.62 bits per heavy atom. The molecule has 16 heavy (non-hydrogen) atoms. The number of amides is 1. The molecule has 0 bridgehead atoms. The number of carboxylic acid groups (broad SMARTS) is 1. The van der Waals surface area contributed by atoms with Crippen molar-refractivity contribution < 1.29 is 14.7 Å². The van der Waals surface area contributed by atoms with E-state index in [9.17, 15) is 9.59 Å². The van der Waals surface area contributed by atoms with Gasteiger partial charge in [0.1, 0.15) is 6.04 Å². The van der Waals surface area contributed by atoms with E-state index in [1.165, 1.54) is 0 Å². The fourth-order valence-corrected chi connectivity index (χ4v) is 1.35. The summed E-state index contributed by atoms with van der Waals surface area (Å²) in [6.45, 7) is 1.87. The monoisotopic (exact) mass is 225 g/mol. The van der Waals surface area contributed by atoms with Crippen molar-refractivity contribution in [1.29, 1.82) is 0 Å². The SMILES string of the molecule is CCCC(NC(=O)Cc1ccn[nH]1)C(=O)O. The summed E-state index contributed by atoms with van der Waals surface area (Å²) in [6.07, 6.45) is 2.81. The average Bonchev–Trinajstić information content (AvgIpc) is 2.69. The van der Waals surface area contributed by atoms with Crippen LogP contribution >= 0.6 is 0 Å². The zero-order valence-corrected chi connectivity index (χ0v) is 9.06. The first kappa shape index (κ1) is 12.2. The molecule has 88 valence electrons. The van der Waals surface area contributed by atoms with Crippen molar-refractivity contribution in [2.24, 2.45) is 0 Å². The first-order valence-corrected chi connectivity index (χ1v) is 5.14. The number of hydrogen-bond acceptors (Lipinski definition) is 3. The van der Waals surface area contributed by atoms with E-state index in [0.717, 1.165) is 0 Å². The summed E-state index contributed by atoms with van der Waals surface area (Å²) in [5, 5.41) is 17.7. The Kier molecular flexibility index (Phi) is 4.50. The Labute approximate surface area is 93.1 Å². The van der Waals surface area contributed by atoms with Crippen molar-refractivity contribution >= 4 is 11.9 Å². The van der Waals surface area contributed by atoms with Crippen molar-refractivity contribution in [3.05, 3.63) is 18.0 Å². The normalized spacial score (nSPS) is 12.1. The van der Waals surface area contributed by atoms with E-state index in [0.29, 0.717) is 18.5 Å². The lowest BCUT2D eigenvalue weighted by atomic mass is 10.1. The quantitative estimate of drug-likeness (QED) is 0.649. The van der Waals surface area contributed by atoms with Crippen LogP contribution in [0.1, 0.15) is 25.5 Å². The zero-order valence-electron chi connectivity index (χ0n) is 9.06. The minimum Gasteiger partial charge on any atom is -0.480 e. The zero-order chi connectivity index (χ0) is 12.0. The smallest absolute Gasteiger partial charge is 0.326 e. The highest BCUT2D eigenvalue weighted by Crippen LogP contribution is 1.99. The summed E-state index contributed by atoms with van der Waals surface area (Å²) < 4.78 is 0. The van der Waals surface area contributed by atoms with Gasteiger partial charge in [0, 0.05) is 11.9 Å². The number of carbonyl (C=O) groups excluding carboxylic acids is 1. The van der Waals surface area contributed by atoms with Gasteiger partial charge in [-0.05, 0) is 12.5 Å². The highest BCUT2D eigenvalue weighted by Gasteiger charge is 2.18. The van der Waals surface area contributed by atoms with E-state index in [1.54, 1.807) is 12.3 Å². The number of hydrogen-bond donors (Lipinski definition) is 3. The van der Waals surface area contributed by atoms with Crippen LogP contribution in [0.25, 0.3) is 0 Å². The Morgan fingerprint density at radius 2 is 2.38 bits per heavy atom. The van der Waals surface area contributed by atoms with Crippen LogP contribution in [0.4, 0.5) is 0 Å². The Balaban J connectivity index is 2.45. The van der Waals surface area contributed by atoms with E-state index < -0.39 is 12.0 Å². The van der Waals surface area contributed by atoms with Gasteiger partial charge in [0.25, 0.3) is 0 Å². The van der Waals surface area contributed by atoms with Crippen molar-refractivity contribution in [1.82, 2.24) is 15.5 Å². The third-order valence-corrected chi connectivity index (χ3v) is 2.12. The molecular weight excluding hydrogens is 210 g/mol. The molecule has 0 aliphatic rings. The molecule has 6 heteroatoms. The number of carbonyl (C=O) groups is 2. The van der Waals surface area contributed by atoms with Crippen LogP contribution < -0.4 is 5.32 Å². The van der Waals surface area contributed by atoms with Crippen LogP contribution in [0.15, 0.2) is 12.3 Å². The van der Waals surface area contributed by atoms with Gasteiger partial charge in [0.15, 0.2) is 0 Å². The highest BCUT2D eigenvalue weighted by molar-refractivity contribution is 5.84. The van der Waals surface area contributed by atoms with Gasteiger partial charge in [-0.1, -0.05) is 13.3 Å².